The second-order valence-corrected chi connectivity index (χ2v) is 2.55. The Kier molecular flexibility index (Phi) is 1.95. The fourth-order valence-corrected chi connectivity index (χ4v) is 0.894. The first-order valence-corrected chi connectivity index (χ1v) is 3.40. The van der Waals surface area contributed by atoms with Crippen molar-refractivity contribution in [3.8, 4) is 0 Å². The van der Waals surface area contributed by atoms with E-state index in [2.05, 4.69) is 4.98 Å². The average Bonchev–Trinajstić information content (AvgIpc) is 1.96. The fraction of sp³-hybridized carbons (Fsp3) is 0.286. The Morgan fingerprint density at radius 3 is 2.67 bits per heavy atom. The minimum absolute atomic E-state index is 0.0155. The quantitative estimate of drug-likeness (QED) is 0.503. The summed E-state index contributed by atoms with van der Waals surface area (Å²) in [6, 6.07) is 1.43. The van der Waals surface area contributed by atoms with Crippen molar-refractivity contribution < 1.29 is 4.92 Å². The number of nitrogens with zero attached hydrogens (tertiary/aromatic N) is 2. The van der Waals surface area contributed by atoms with Crippen LogP contribution < -0.4 is 5.73 Å². The number of aromatic nitrogens is 1. The molecule has 0 aliphatic carbocycles. The minimum atomic E-state index is -0.464. The standard InChI is InChI=1S/C7H9N3O2/c1-4-3-6(10(11)12)5(2)9-7(4)8/h3H,1-2H3,(H2,8,9). The molecule has 0 spiro atoms. The molecule has 0 amide bonds. The van der Waals surface area contributed by atoms with Crippen molar-refractivity contribution in [1.29, 1.82) is 0 Å². The van der Waals surface area contributed by atoms with Gasteiger partial charge in [-0.2, -0.15) is 0 Å². The smallest absolute Gasteiger partial charge is 0.290 e. The third-order valence-electron chi connectivity index (χ3n) is 1.61. The number of nitrogens with two attached hydrogens (primary N) is 1. The topological polar surface area (TPSA) is 82.0 Å². The first kappa shape index (κ1) is 8.45. The summed E-state index contributed by atoms with van der Waals surface area (Å²) in [6.45, 7) is 3.25. The molecule has 0 saturated heterocycles. The van der Waals surface area contributed by atoms with Gasteiger partial charge in [0.25, 0.3) is 5.69 Å². The molecule has 0 aliphatic rings. The van der Waals surface area contributed by atoms with Crippen LogP contribution in [-0.2, 0) is 0 Å². The highest BCUT2D eigenvalue weighted by atomic mass is 16.6. The Balaban J connectivity index is 3.33. The number of anilines is 1. The Hall–Kier alpha value is -1.65. The van der Waals surface area contributed by atoms with Gasteiger partial charge in [-0.15, -0.1) is 0 Å². The van der Waals surface area contributed by atoms with Crippen LogP contribution in [0.5, 0.6) is 0 Å². The van der Waals surface area contributed by atoms with E-state index in [1.807, 2.05) is 0 Å². The molecule has 0 aliphatic heterocycles. The molecular formula is C7H9N3O2. The predicted octanol–water partition coefficient (Wildman–Crippen LogP) is 1.19. The molecule has 1 heterocycles. The molecule has 1 rings (SSSR count). The molecule has 0 bridgehead atoms. The third-order valence-corrected chi connectivity index (χ3v) is 1.61. The van der Waals surface area contributed by atoms with Crippen molar-refractivity contribution in [2.75, 3.05) is 5.73 Å². The lowest BCUT2D eigenvalue weighted by molar-refractivity contribution is -0.385. The van der Waals surface area contributed by atoms with Gasteiger partial charge in [0, 0.05) is 6.07 Å². The lowest BCUT2D eigenvalue weighted by Gasteiger charge is -2.00. The number of hydrogen-bond acceptors (Lipinski definition) is 4. The summed E-state index contributed by atoms with van der Waals surface area (Å²) in [5.74, 6) is 0.345. The van der Waals surface area contributed by atoms with Crippen LogP contribution in [0.25, 0.3) is 0 Å². The normalized spacial score (nSPS) is 9.83. The van der Waals surface area contributed by atoms with Crippen molar-refractivity contribution in [2.45, 2.75) is 13.8 Å². The summed E-state index contributed by atoms with van der Waals surface area (Å²) >= 11 is 0. The zero-order chi connectivity index (χ0) is 9.30. The molecule has 0 aromatic carbocycles. The zero-order valence-corrected chi connectivity index (χ0v) is 6.87. The number of nitrogen functional groups attached to an aromatic ring is 1. The van der Waals surface area contributed by atoms with Crippen molar-refractivity contribution in [3.05, 3.63) is 27.4 Å². The summed E-state index contributed by atoms with van der Waals surface area (Å²) in [7, 11) is 0. The molecule has 0 unspecified atom stereocenters. The van der Waals surface area contributed by atoms with Crippen molar-refractivity contribution in [1.82, 2.24) is 4.98 Å². The molecule has 0 radical (unpaired) electrons. The molecular weight excluding hydrogens is 158 g/mol. The van der Waals surface area contributed by atoms with Gasteiger partial charge in [-0.05, 0) is 19.4 Å². The first-order valence-electron chi connectivity index (χ1n) is 3.40. The van der Waals surface area contributed by atoms with Crippen LogP contribution in [0.1, 0.15) is 11.3 Å². The Bertz CT molecular complexity index is 336. The summed E-state index contributed by atoms with van der Waals surface area (Å²) < 4.78 is 0. The molecule has 0 fully saturated rings. The molecule has 5 heteroatoms. The van der Waals surface area contributed by atoms with E-state index < -0.39 is 4.92 Å². The SMILES string of the molecule is Cc1cc([N+](=O)[O-])c(C)nc1N. The zero-order valence-electron chi connectivity index (χ0n) is 6.87. The van der Waals surface area contributed by atoms with Crippen LogP contribution in [0.2, 0.25) is 0 Å². The highest BCUT2D eigenvalue weighted by Gasteiger charge is 2.12. The summed E-state index contributed by atoms with van der Waals surface area (Å²) in [6.07, 6.45) is 0. The number of nitro groups is 1. The minimum Gasteiger partial charge on any atom is -0.383 e. The van der Waals surface area contributed by atoms with E-state index >= 15 is 0 Å². The summed E-state index contributed by atoms with van der Waals surface area (Å²) in [5.41, 5.74) is 6.45. The molecule has 2 N–H and O–H groups in total. The predicted molar refractivity (Wildman–Crippen MR) is 44.8 cm³/mol. The van der Waals surface area contributed by atoms with Gasteiger partial charge in [-0.25, -0.2) is 4.98 Å². The van der Waals surface area contributed by atoms with Crippen LogP contribution in [0, 0.1) is 24.0 Å². The molecule has 12 heavy (non-hydrogen) atoms. The number of pyridine rings is 1. The van der Waals surface area contributed by atoms with E-state index in [1.54, 1.807) is 13.8 Å². The Labute approximate surface area is 69.4 Å². The fourth-order valence-electron chi connectivity index (χ4n) is 0.894. The average molecular weight is 167 g/mol. The van der Waals surface area contributed by atoms with E-state index in [-0.39, 0.29) is 5.69 Å². The number of hydrogen-bond donors (Lipinski definition) is 1. The maximum Gasteiger partial charge on any atom is 0.290 e. The highest BCUT2D eigenvalue weighted by molar-refractivity contribution is 5.48. The maximum absolute atomic E-state index is 10.4. The van der Waals surface area contributed by atoms with Crippen LogP contribution >= 0.6 is 0 Å². The number of rotatable bonds is 1. The van der Waals surface area contributed by atoms with Crippen LogP contribution in [0.15, 0.2) is 6.07 Å². The lowest BCUT2D eigenvalue weighted by atomic mass is 10.2. The second-order valence-electron chi connectivity index (χ2n) is 2.55. The van der Waals surface area contributed by atoms with Crippen LogP contribution in [0.3, 0.4) is 0 Å². The van der Waals surface area contributed by atoms with Gasteiger partial charge in [-0.3, -0.25) is 10.1 Å². The Morgan fingerprint density at radius 1 is 1.58 bits per heavy atom. The highest BCUT2D eigenvalue weighted by Crippen LogP contribution is 2.19. The summed E-state index contributed by atoms with van der Waals surface area (Å²) in [4.78, 5) is 13.8. The molecule has 0 saturated carbocycles. The van der Waals surface area contributed by atoms with E-state index in [0.29, 0.717) is 17.1 Å². The van der Waals surface area contributed by atoms with E-state index in [0.717, 1.165) is 0 Å². The van der Waals surface area contributed by atoms with E-state index in [4.69, 9.17) is 5.73 Å². The van der Waals surface area contributed by atoms with E-state index in [9.17, 15) is 10.1 Å². The Morgan fingerprint density at radius 2 is 2.17 bits per heavy atom. The maximum atomic E-state index is 10.4. The second kappa shape index (κ2) is 2.77. The molecule has 0 atom stereocenters. The van der Waals surface area contributed by atoms with Crippen LogP contribution in [0.4, 0.5) is 11.5 Å². The molecule has 5 nitrogen and oxygen atoms in total. The van der Waals surface area contributed by atoms with Gasteiger partial charge < -0.3 is 5.73 Å². The van der Waals surface area contributed by atoms with Crippen molar-refractivity contribution >= 4 is 11.5 Å². The van der Waals surface area contributed by atoms with Crippen molar-refractivity contribution in [2.24, 2.45) is 0 Å². The largest absolute Gasteiger partial charge is 0.383 e. The van der Waals surface area contributed by atoms with Gasteiger partial charge in [0.2, 0.25) is 0 Å². The molecule has 1 aromatic heterocycles. The van der Waals surface area contributed by atoms with Gasteiger partial charge in [0.05, 0.1) is 4.92 Å². The van der Waals surface area contributed by atoms with Gasteiger partial charge in [0.15, 0.2) is 0 Å². The first-order chi connectivity index (χ1) is 5.52. The monoisotopic (exact) mass is 167 g/mol. The van der Waals surface area contributed by atoms with Crippen LogP contribution in [-0.4, -0.2) is 9.91 Å². The van der Waals surface area contributed by atoms with Gasteiger partial charge >= 0.3 is 0 Å². The van der Waals surface area contributed by atoms with E-state index in [1.165, 1.54) is 6.07 Å². The third kappa shape index (κ3) is 1.34. The summed E-state index contributed by atoms with van der Waals surface area (Å²) in [5, 5.41) is 10.4. The molecule has 64 valence electrons. The van der Waals surface area contributed by atoms with Crippen molar-refractivity contribution in [3.63, 3.8) is 0 Å². The number of aryl methyl sites for hydroxylation is 2. The van der Waals surface area contributed by atoms with Gasteiger partial charge in [0.1, 0.15) is 11.5 Å². The van der Waals surface area contributed by atoms with Gasteiger partial charge in [-0.1, -0.05) is 0 Å². The lowest BCUT2D eigenvalue weighted by Crippen LogP contribution is -2.00. The molecule has 1 aromatic rings.